The first kappa shape index (κ1) is 14.8. The van der Waals surface area contributed by atoms with Gasteiger partial charge in [0, 0.05) is 16.3 Å². The van der Waals surface area contributed by atoms with Crippen molar-refractivity contribution in [3.8, 4) is 11.3 Å². The van der Waals surface area contributed by atoms with Crippen LogP contribution in [-0.2, 0) is 0 Å². The normalized spacial score (nSPS) is 12.8. The molecule has 6 nitrogen and oxygen atoms in total. The Kier molecular flexibility index (Phi) is 3.50. The van der Waals surface area contributed by atoms with Gasteiger partial charge in [0.2, 0.25) is 0 Å². The zero-order chi connectivity index (χ0) is 16.7. The topological polar surface area (TPSA) is 94.1 Å². The number of H-pyrrole nitrogens is 1. The van der Waals surface area contributed by atoms with Gasteiger partial charge >= 0.3 is 0 Å². The number of hydroxylamine groups is 1. The number of aryl methyl sites for hydroxylation is 1. The van der Waals surface area contributed by atoms with E-state index in [2.05, 4.69) is 17.1 Å². The maximum Gasteiger partial charge on any atom is 0.152 e. The van der Waals surface area contributed by atoms with E-state index in [1.165, 1.54) is 0 Å². The van der Waals surface area contributed by atoms with E-state index in [-0.39, 0.29) is 0 Å². The molecular weight excluding hydrogens is 304 g/mol. The van der Waals surface area contributed by atoms with Gasteiger partial charge in [-0.25, -0.2) is 4.98 Å². The van der Waals surface area contributed by atoms with Crippen molar-refractivity contribution in [2.24, 2.45) is 0 Å². The van der Waals surface area contributed by atoms with Crippen molar-refractivity contribution in [1.29, 1.82) is 0 Å². The fourth-order valence-electron chi connectivity index (χ4n) is 3.01. The molecule has 2 aromatic heterocycles. The molecule has 0 radical (unpaired) electrons. The van der Waals surface area contributed by atoms with Crippen LogP contribution in [0.4, 0.5) is 0 Å². The Morgan fingerprint density at radius 1 is 1.12 bits per heavy atom. The lowest BCUT2D eigenvalue weighted by molar-refractivity contribution is 0.000708. The molecule has 0 aliphatic rings. The zero-order valence-corrected chi connectivity index (χ0v) is 13.0. The third-order valence-corrected chi connectivity index (χ3v) is 4.24. The van der Waals surface area contributed by atoms with Gasteiger partial charge in [-0.15, -0.1) is 0 Å². The Morgan fingerprint density at radius 3 is 2.67 bits per heavy atom. The average molecular weight is 320 g/mol. The second-order valence-electron chi connectivity index (χ2n) is 5.77. The van der Waals surface area contributed by atoms with Crippen molar-refractivity contribution in [3.63, 3.8) is 0 Å². The molecule has 0 aliphatic heterocycles. The van der Waals surface area contributed by atoms with Gasteiger partial charge in [0.25, 0.3) is 0 Å². The first-order chi connectivity index (χ1) is 11.7. The zero-order valence-electron chi connectivity index (χ0n) is 13.0. The fourth-order valence-corrected chi connectivity index (χ4v) is 3.01. The van der Waals surface area contributed by atoms with Crippen molar-refractivity contribution in [3.05, 3.63) is 59.8 Å². The van der Waals surface area contributed by atoms with Crippen LogP contribution in [0.15, 0.2) is 48.7 Å². The van der Waals surface area contributed by atoms with Gasteiger partial charge in [-0.2, -0.15) is 10.6 Å². The highest BCUT2D eigenvalue weighted by Crippen LogP contribution is 2.29. The minimum Gasteiger partial charge on any atom is -0.372 e. The van der Waals surface area contributed by atoms with E-state index in [1.54, 1.807) is 12.1 Å². The molecule has 1 unspecified atom stereocenters. The lowest BCUT2D eigenvalue weighted by Crippen LogP contribution is -2.15. The molecule has 4 N–H and O–H groups in total. The van der Waals surface area contributed by atoms with E-state index >= 15 is 0 Å². The Morgan fingerprint density at radius 2 is 1.92 bits per heavy atom. The van der Waals surface area contributed by atoms with E-state index in [0.29, 0.717) is 5.56 Å². The summed E-state index contributed by atoms with van der Waals surface area (Å²) in [5, 5.41) is 27.6. The van der Waals surface area contributed by atoms with Crippen molar-refractivity contribution >= 4 is 21.8 Å². The van der Waals surface area contributed by atoms with Crippen LogP contribution in [0.3, 0.4) is 0 Å². The third-order valence-electron chi connectivity index (χ3n) is 4.24. The number of pyridine rings is 1. The lowest BCUT2D eigenvalue weighted by atomic mass is 10.0. The molecule has 2 heterocycles. The quantitative estimate of drug-likeness (QED) is 0.344. The number of nitrogens with zero attached hydrogens (tertiary/aromatic N) is 2. The number of hydrogen-bond donors (Lipinski definition) is 4. The summed E-state index contributed by atoms with van der Waals surface area (Å²) in [6.45, 7) is 2.06. The summed E-state index contributed by atoms with van der Waals surface area (Å²) in [7, 11) is 0. The van der Waals surface area contributed by atoms with Crippen LogP contribution in [0.5, 0.6) is 0 Å². The molecule has 0 bridgehead atoms. The molecule has 0 saturated carbocycles. The molecule has 6 heteroatoms. The second-order valence-corrected chi connectivity index (χ2v) is 5.77. The molecule has 2 aromatic carbocycles. The first-order valence-electron chi connectivity index (χ1n) is 7.59. The SMILES string of the molecule is Cc1cc(-c2ccc(C(O)NO)cc2)nc2ccc3[nH]ncc3c12. The van der Waals surface area contributed by atoms with E-state index in [9.17, 15) is 5.11 Å². The Balaban J connectivity index is 1.84. The summed E-state index contributed by atoms with van der Waals surface area (Å²) in [5.74, 6) is 0. The standard InChI is InChI=1S/C18H16N4O2/c1-10-8-16(11-2-4-12(5-3-11)18(23)22-24)20-15-7-6-14-13(17(10)15)9-19-21-14/h2-9,18,22-24H,1H3,(H,19,21). The number of benzene rings is 2. The Hall–Kier alpha value is -2.80. The Bertz CT molecular complexity index is 1020. The van der Waals surface area contributed by atoms with Gasteiger partial charge in [-0.3, -0.25) is 5.10 Å². The number of aromatic amines is 1. The van der Waals surface area contributed by atoms with Crippen LogP contribution in [-0.4, -0.2) is 25.5 Å². The molecule has 4 aromatic rings. The molecule has 0 spiro atoms. The van der Waals surface area contributed by atoms with E-state index in [4.69, 9.17) is 10.2 Å². The molecule has 1 atom stereocenters. The highest BCUT2D eigenvalue weighted by molar-refractivity contribution is 6.06. The van der Waals surface area contributed by atoms with Crippen molar-refractivity contribution < 1.29 is 10.3 Å². The van der Waals surface area contributed by atoms with Crippen LogP contribution in [0, 0.1) is 6.92 Å². The summed E-state index contributed by atoms with van der Waals surface area (Å²) in [4.78, 5) is 4.76. The number of aromatic nitrogens is 3. The molecule has 0 amide bonds. The average Bonchev–Trinajstić information content (AvgIpc) is 3.09. The van der Waals surface area contributed by atoms with Crippen molar-refractivity contribution in [2.75, 3.05) is 0 Å². The maximum absolute atomic E-state index is 9.57. The minimum atomic E-state index is -1.10. The van der Waals surface area contributed by atoms with Gasteiger partial charge in [-0.05, 0) is 36.2 Å². The summed E-state index contributed by atoms with van der Waals surface area (Å²) in [5.41, 5.74) is 7.25. The van der Waals surface area contributed by atoms with Crippen LogP contribution in [0.25, 0.3) is 33.1 Å². The fraction of sp³-hybridized carbons (Fsp3) is 0.111. The second kappa shape index (κ2) is 5.68. The Labute approximate surface area is 137 Å². The molecule has 24 heavy (non-hydrogen) atoms. The molecule has 0 fully saturated rings. The molecule has 0 aliphatic carbocycles. The van der Waals surface area contributed by atoms with Crippen LogP contribution in [0.2, 0.25) is 0 Å². The molecular formula is C18H16N4O2. The predicted octanol–water partition coefficient (Wildman–Crippen LogP) is 3.06. The summed E-state index contributed by atoms with van der Waals surface area (Å²) >= 11 is 0. The van der Waals surface area contributed by atoms with Gasteiger partial charge in [0.15, 0.2) is 6.23 Å². The van der Waals surface area contributed by atoms with Gasteiger partial charge in [0.1, 0.15) is 0 Å². The highest BCUT2D eigenvalue weighted by Gasteiger charge is 2.10. The number of fused-ring (bicyclic) bond motifs is 3. The smallest absolute Gasteiger partial charge is 0.152 e. The van der Waals surface area contributed by atoms with E-state index in [1.807, 2.05) is 42.0 Å². The highest BCUT2D eigenvalue weighted by atomic mass is 16.5. The summed E-state index contributed by atoms with van der Waals surface area (Å²) in [6.07, 6.45) is 0.726. The van der Waals surface area contributed by atoms with Gasteiger partial charge < -0.3 is 10.3 Å². The van der Waals surface area contributed by atoms with Crippen LogP contribution >= 0.6 is 0 Å². The van der Waals surface area contributed by atoms with Crippen LogP contribution in [0.1, 0.15) is 17.4 Å². The molecule has 0 saturated heterocycles. The largest absolute Gasteiger partial charge is 0.372 e. The predicted molar refractivity (Wildman–Crippen MR) is 91.4 cm³/mol. The first-order valence-corrected chi connectivity index (χ1v) is 7.59. The maximum atomic E-state index is 9.57. The van der Waals surface area contributed by atoms with Gasteiger partial charge in [-0.1, -0.05) is 24.3 Å². The summed E-state index contributed by atoms with van der Waals surface area (Å²) in [6, 6.07) is 13.3. The van der Waals surface area contributed by atoms with Crippen LogP contribution < -0.4 is 5.48 Å². The van der Waals surface area contributed by atoms with Crippen molar-refractivity contribution in [1.82, 2.24) is 20.7 Å². The number of rotatable bonds is 3. The molecule has 120 valence electrons. The van der Waals surface area contributed by atoms with Crippen molar-refractivity contribution in [2.45, 2.75) is 13.2 Å². The van der Waals surface area contributed by atoms with E-state index in [0.717, 1.165) is 38.6 Å². The van der Waals surface area contributed by atoms with E-state index < -0.39 is 6.23 Å². The monoisotopic (exact) mass is 320 g/mol. The number of hydrogen-bond acceptors (Lipinski definition) is 5. The number of aliphatic hydroxyl groups excluding tert-OH is 1. The minimum absolute atomic E-state index is 0.582. The third kappa shape index (κ3) is 2.33. The number of nitrogens with one attached hydrogen (secondary N) is 2. The summed E-state index contributed by atoms with van der Waals surface area (Å²) < 4.78 is 0. The molecule has 4 rings (SSSR count). The number of aliphatic hydroxyl groups is 1. The van der Waals surface area contributed by atoms with Gasteiger partial charge in [0.05, 0.1) is 22.9 Å². The lowest BCUT2D eigenvalue weighted by Gasteiger charge is -2.10.